The minimum Gasteiger partial charge on any atom is -0.398 e. The maximum absolute atomic E-state index is 14.0. The maximum Gasteiger partial charge on any atom is 0.296 e. The van der Waals surface area contributed by atoms with Gasteiger partial charge in [0, 0.05) is 27.6 Å². The third kappa shape index (κ3) is 4.58. The SMILES string of the molecule is Nc1cc(Nc2ccc3[nH]c(=O)c(C(=O)c4ccccc4)c4c3c2C(=O)c2ccccc2-4)c(S(=O)(=O)O)cc1S(=O)(=O)O. The molecule has 12 nitrogen and oxygen atoms in total. The van der Waals surface area contributed by atoms with Crippen molar-refractivity contribution >= 4 is 59.8 Å². The van der Waals surface area contributed by atoms with Crippen molar-refractivity contribution in [2.75, 3.05) is 11.1 Å². The number of carbonyl (C=O) groups excluding carboxylic acids is 2. The van der Waals surface area contributed by atoms with Crippen LogP contribution in [0.3, 0.4) is 0 Å². The molecule has 6 rings (SSSR count). The van der Waals surface area contributed by atoms with Crippen LogP contribution in [0.2, 0.25) is 0 Å². The van der Waals surface area contributed by atoms with Crippen molar-refractivity contribution in [3.8, 4) is 11.1 Å². The normalized spacial score (nSPS) is 12.7. The zero-order valence-electron chi connectivity index (χ0n) is 21.7. The number of aromatic nitrogens is 1. The van der Waals surface area contributed by atoms with Crippen molar-refractivity contribution in [1.82, 2.24) is 4.98 Å². The van der Waals surface area contributed by atoms with Crippen LogP contribution in [0.5, 0.6) is 0 Å². The van der Waals surface area contributed by atoms with Crippen LogP contribution in [0.1, 0.15) is 31.8 Å². The minimum atomic E-state index is -5.10. The molecular weight excluding hydrogens is 598 g/mol. The zero-order valence-corrected chi connectivity index (χ0v) is 23.3. The molecule has 0 fully saturated rings. The molecule has 0 saturated heterocycles. The van der Waals surface area contributed by atoms with Gasteiger partial charge in [-0.05, 0) is 29.8 Å². The summed E-state index contributed by atoms with van der Waals surface area (Å²) in [6, 6.07) is 18.6. The van der Waals surface area contributed by atoms with Gasteiger partial charge in [0.05, 0.1) is 28.2 Å². The molecule has 216 valence electrons. The number of nitrogen functional groups attached to an aromatic ring is 1. The average molecular weight is 618 g/mol. The Morgan fingerprint density at radius 2 is 1.37 bits per heavy atom. The Labute approximate surface area is 243 Å². The van der Waals surface area contributed by atoms with Crippen LogP contribution < -0.4 is 16.6 Å². The van der Waals surface area contributed by atoms with Crippen LogP contribution in [0.4, 0.5) is 17.1 Å². The Bertz CT molecular complexity index is 2330. The zero-order chi connectivity index (χ0) is 30.8. The van der Waals surface area contributed by atoms with Gasteiger partial charge in [-0.2, -0.15) is 16.8 Å². The highest BCUT2D eigenvalue weighted by atomic mass is 32.2. The number of H-pyrrole nitrogens is 1. The van der Waals surface area contributed by atoms with Crippen molar-refractivity contribution in [3.05, 3.63) is 111 Å². The summed E-state index contributed by atoms with van der Waals surface area (Å²) < 4.78 is 67.3. The number of rotatable bonds is 6. The molecular formula is C29H19N3O9S2. The molecule has 1 aromatic heterocycles. The van der Waals surface area contributed by atoms with E-state index < -0.39 is 58.5 Å². The van der Waals surface area contributed by atoms with Gasteiger partial charge in [-0.1, -0.05) is 54.6 Å². The summed E-state index contributed by atoms with van der Waals surface area (Å²) in [6.07, 6.45) is 0. The summed E-state index contributed by atoms with van der Waals surface area (Å²) >= 11 is 0. The topological polar surface area (TPSA) is 214 Å². The standard InChI is InChI=1S/C29H19N3O9S2/c30-17-12-20(22(43(39,40)41)13-21(17)42(36,37)38)31-19-11-10-18-24-23(15-8-4-5-9-16(15)28(34)25(19)24)26(29(35)32-18)27(33)14-6-2-1-3-7-14/h1-13,31H,30H2,(H,32,35)(H,36,37,38)(H,39,40,41). The van der Waals surface area contributed by atoms with E-state index in [4.69, 9.17) is 5.73 Å². The second-order valence-electron chi connectivity index (χ2n) is 9.65. The van der Waals surface area contributed by atoms with Gasteiger partial charge in [0.2, 0.25) is 0 Å². The summed E-state index contributed by atoms with van der Waals surface area (Å²) in [5, 5.41) is 2.93. The molecule has 14 heteroatoms. The predicted molar refractivity (Wildman–Crippen MR) is 157 cm³/mol. The van der Waals surface area contributed by atoms with Crippen LogP contribution in [0, 0.1) is 0 Å². The number of nitrogens with one attached hydrogen (secondary N) is 2. The van der Waals surface area contributed by atoms with Gasteiger partial charge < -0.3 is 16.0 Å². The van der Waals surface area contributed by atoms with Crippen molar-refractivity contribution < 1.29 is 35.5 Å². The van der Waals surface area contributed by atoms with Crippen LogP contribution in [0.15, 0.2) is 93.4 Å². The number of benzene rings is 4. The van der Waals surface area contributed by atoms with Gasteiger partial charge in [-0.3, -0.25) is 23.5 Å². The van der Waals surface area contributed by atoms with Crippen LogP contribution in [-0.2, 0) is 20.2 Å². The van der Waals surface area contributed by atoms with Gasteiger partial charge in [-0.15, -0.1) is 0 Å². The molecule has 0 aliphatic heterocycles. The number of hydrogen-bond donors (Lipinski definition) is 5. The second kappa shape index (κ2) is 9.71. The molecule has 0 atom stereocenters. The molecule has 1 aliphatic rings. The van der Waals surface area contributed by atoms with Crippen LogP contribution in [0.25, 0.3) is 22.0 Å². The lowest BCUT2D eigenvalue weighted by atomic mass is 9.80. The number of anilines is 3. The van der Waals surface area contributed by atoms with Crippen molar-refractivity contribution in [2.24, 2.45) is 0 Å². The number of hydrogen-bond acceptors (Lipinski definition) is 9. The molecule has 4 aromatic carbocycles. The summed E-state index contributed by atoms with van der Waals surface area (Å²) in [6.45, 7) is 0. The monoisotopic (exact) mass is 617 g/mol. The quantitative estimate of drug-likeness (QED) is 0.103. The molecule has 0 amide bonds. The van der Waals surface area contributed by atoms with E-state index in [0.29, 0.717) is 11.6 Å². The fourth-order valence-electron chi connectivity index (χ4n) is 5.24. The van der Waals surface area contributed by atoms with Gasteiger partial charge in [0.1, 0.15) is 9.79 Å². The lowest BCUT2D eigenvalue weighted by Crippen LogP contribution is -2.24. The molecule has 0 spiro atoms. The third-order valence-electron chi connectivity index (χ3n) is 7.05. The molecule has 5 aromatic rings. The molecule has 1 aliphatic carbocycles. The Morgan fingerprint density at radius 3 is 2.02 bits per heavy atom. The number of carbonyl (C=O) groups is 2. The van der Waals surface area contributed by atoms with Crippen molar-refractivity contribution in [2.45, 2.75) is 9.79 Å². The van der Waals surface area contributed by atoms with Gasteiger partial charge >= 0.3 is 0 Å². The molecule has 0 bridgehead atoms. The van der Waals surface area contributed by atoms with Crippen LogP contribution in [-0.4, -0.2) is 42.5 Å². The van der Waals surface area contributed by atoms with E-state index in [1.54, 1.807) is 48.5 Å². The number of fused-ring (bicyclic) bond motifs is 2. The first-order valence-corrected chi connectivity index (χ1v) is 15.3. The first kappa shape index (κ1) is 28.0. The lowest BCUT2D eigenvalue weighted by Gasteiger charge is -2.24. The van der Waals surface area contributed by atoms with E-state index in [2.05, 4.69) is 10.3 Å². The third-order valence-corrected chi connectivity index (χ3v) is 8.85. The van der Waals surface area contributed by atoms with E-state index in [9.17, 15) is 40.3 Å². The molecule has 1 heterocycles. The minimum absolute atomic E-state index is 0.0117. The molecule has 0 unspecified atom stereocenters. The highest BCUT2D eigenvalue weighted by Crippen LogP contribution is 2.44. The van der Waals surface area contributed by atoms with Gasteiger partial charge in [-0.25, -0.2) is 0 Å². The largest absolute Gasteiger partial charge is 0.398 e. The van der Waals surface area contributed by atoms with E-state index in [1.807, 2.05) is 0 Å². The summed E-state index contributed by atoms with van der Waals surface area (Å²) in [5.74, 6) is -1.12. The molecule has 6 N–H and O–H groups in total. The predicted octanol–water partition coefficient (Wildman–Crippen LogP) is 3.79. The second-order valence-corrected chi connectivity index (χ2v) is 12.4. The lowest BCUT2D eigenvalue weighted by molar-refractivity contribution is 0.102. The number of ketones is 2. The Hall–Kier alpha value is -5.15. The number of pyridine rings is 1. The average Bonchev–Trinajstić information content (AvgIpc) is 2.95. The highest BCUT2D eigenvalue weighted by molar-refractivity contribution is 7.86. The Balaban J connectivity index is 1.67. The number of nitrogens with two attached hydrogens (primary N) is 1. The van der Waals surface area contributed by atoms with E-state index in [0.717, 1.165) is 6.07 Å². The van der Waals surface area contributed by atoms with E-state index >= 15 is 0 Å². The smallest absolute Gasteiger partial charge is 0.296 e. The van der Waals surface area contributed by atoms with Crippen LogP contribution >= 0.6 is 0 Å². The Kier molecular flexibility index (Phi) is 6.32. The van der Waals surface area contributed by atoms with Crippen molar-refractivity contribution in [3.63, 3.8) is 0 Å². The number of aromatic amines is 1. The first-order valence-electron chi connectivity index (χ1n) is 12.4. The molecule has 0 saturated carbocycles. The van der Waals surface area contributed by atoms with E-state index in [1.165, 1.54) is 18.2 Å². The van der Waals surface area contributed by atoms with Crippen molar-refractivity contribution in [1.29, 1.82) is 0 Å². The first-order chi connectivity index (χ1) is 20.3. The fourth-order valence-corrected chi connectivity index (χ4v) is 6.59. The fraction of sp³-hybridized carbons (Fsp3) is 0. The Morgan fingerprint density at radius 1 is 0.744 bits per heavy atom. The van der Waals surface area contributed by atoms with Gasteiger partial charge in [0.15, 0.2) is 11.6 Å². The highest BCUT2D eigenvalue weighted by Gasteiger charge is 2.33. The summed E-state index contributed by atoms with van der Waals surface area (Å²) in [4.78, 5) is 41.8. The maximum atomic E-state index is 14.0. The summed E-state index contributed by atoms with van der Waals surface area (Å²) in [7, 11) is -10.1. The molecule has 0 radical (unpaired) electrons. The summed E-state index contributed by atoms with van der Waals surface area (Å²) in [5.41, 5.74) is 5.02. The molecule has 43 heavy (non-hydrogen) atoms. The van der Waals surface area contributed by atoms with E-state index in [-0.39, 0.29) is 44.4 Å². The van der Waals surface area contributed by atoms with Gasteiger partial charge in [0.25, 0.3) is 25.8 Å².